The number of hydrogen-bond acceptors (Lipinski definition) is 3. The van der Waals surface area contributed by atoms with Crippen molar-refractivity contribution in [2.45, 2.75) is 45.1 Å². The van der Waals surface area contributed by atoms with Crippen molar-refractivity contribution in [2.24, 2.45) is 11.8 Å². The highest BCUT2D eigenvalue weighted by Gasteiger charge is 2.27. The van der Waals surface area contributed by atoms with E-state index in [0.29, 0.717) is 23.8 Å². The summed E-state index contributed by atoms with van der Waals surface area (Å²) in [5.41, 5.74) is 0.696. The number of nitrogens with zero attached hydrogens (tertiary/aromatic N) is 1. The second-order valence-corrected chi connectivity index (χ2v) is 7.76. The molecule has 1 unspecified atom stereocenters. The lowest BCUT2D eigenvalue weighted by Crippen LogP contribution is -2.47. The van der Waals surface area contributed by atoms with Gasteiger partial charge in [-0.1, -0.05) is 25.1 Å². The third kappa shape index (κ3) is 6.22. The fraction of sp³-hybridized carbons (Fsp3) is 0.619. The monoisotopic (exact) mass is 393 g/mol. The molecule has 2 amide bonds. The molecule has 5 nitrogen and oxygen atoms in total. The van der Waals surface area contributed by atoms with Crippen LogP contribution in [0.15, 0.2) is 30.3 Å². The van der Waals surface area contributed by atoms with Crippen molar-refractivity contribution in [1.29, 1.82) is 0 Å². The van der Waals surface area contributed by atoms with Gasteiger partial charge in [0.25, 0.3) is 5.91 Å². The van der Waals surface area contributed by atoms with Gasteiger partial charge in [-0.3, -0.25) is 9.59 Å². The smallest absolute Gasteiger partial charge is 0.251 e. The van der Waals surface area contributed by atoms with E-state index in [-0.39, 0.29) is 30.3 Å². The fourth-order valence-electron chi connectivity index (χ4n) is 4.12. The van der Waals surface area contributed by atoms with E-state index in [2.05, 4.69) is 17.6 Å². The number of benzene rings is 1. The number of halogens is 1. The molecule has 1 atom stereocenters. The van der Waals surface area contributed by atoms with Gasteiger partial charge in [-0.05, 0) is 62.7 Å². The molecule has 3 rings (SSSR count). The maximum Gasteiger partial charge on any atom is 0.251 e. The number of hydrogen-bond donors (Lipinski definition) is 2. The van der Waals surface area contributed by atoms with E-state index in [1.165, 1.54) is 12.8 Å². The highest BCUT2D eigenvalue weighted by molar-refractivity contribution is 5.94. The summed E-state index contributed by atoms with van der Waals surface area (Å²) in [4.78, 5) is 26.9. The number of nitrogens with one attached hydrogen (secondary N) is 2. The number of rotatable bonds is 5. The molecule has 2 aliphatic rings. The highest BCUT2D eigenvalue weighted by Crippen LogP contribution is 2.25. The van der Waals surface area contributed by atoms with Crippen LogP contribution in [0, 0.1) is 11.8 Å². The first-order valence-corrected chi connectivity index (χ1v) is 9.98. The molecule has 150 valence electrons. The van der Waals surface area contributed by atoms with Crippen molar-refractivity contribution in [3.8, 4) is 0 Å². The van der Waals surface area contributed by atoms with Crippen LogP contribution in [0.25, 0.3) is 0 Å². The minimum atomic E-state index is -0.0186. The van der Waals surface area contributed by atoms with Crippen LogP contribution in [0.1, 0.15) is 49.4 Å². The van der Waals surface area contributed by atoms with Gasteiger partial charge >= 0.3 is 0 Å². The van der Waals surface area contributed by atoms with Crippen molar-refractivity contribution in [1.82, 2.24) is 15.5 Å². The Morgan fingerprint density at radius 2 is 1.74 bits per heavy atom. The number of carbonyl (C=O) groups is 2. The first-order valence-electron chi connectivity index (χ1n) is 9.98. The maximum absolute atomic E-state index is 12.6. The van der Waals surface area contributed by atoms with E-state index in [0.717, 1.165) is 39.0 Å². The average Bonchev–Trinajstić information content (AvgIpc) is 2.69. The zero-order valence-electron chi connectivity index (χ0n) is 16.2. The van der Waals surface area contributed by atoms with Gasteiger partial charge in [0.15, 0.2) is 0 Å². The Morgan fingerprint density at radius 1 is 1.11 bits per heavy atom. The number of likely N-dealkylation sites (tertiary alicyclic amines) is 1. The van der Waals surface area contributed by atoms with Crippen LogP contribution in [0.2, 0.25) is 0 Å². The van der Waals surface area contributed by atoms with Crippen LogP contribution in [0.5, 0.6) is 0 Å². The SMILES string of the molecule is CC(CC(=O)N1CCC(NC(=O)c2ccccc2)CC1)C1CCNCC1.Cl. The topological polar surface area (TPSA) is 61.4 Å². The predicted molar refractivity (Wildman–Crippen MR) is 110 cm³/mol. The van der Waals surface area contributed by atoms with Crippen LogP contribution in [-0.4, -0.2) is 48.9 Å². The van der Waals surface area contributed by atoms with E-state index < -0.39 is 0 Å². The Bertz CT molecular complexity index is 597. The van der Waals surface area contributed by atoms with Crippen LogP contribution in [0.3, 0.4) is 0 Å². The summed E-state index contributed by atoms with van der Waals surface area (Å²) in [5.74, 6) is 1.39. The second-order valence-electron chi connectivity index (χ2n) is 7.76. The van der Waals surface area contributed by atoms with Crippen LogP contribution >= 0.6 is 12.4 Å². The van der Waals surface area contributed by atoms with E-state index in [1.54, 1.807) is 0 Å². The summed E-state index contributed by atoms with van der Waals surface area (Å²) in [6.07, 6.45) is 4.70. The van der Waals surface area contributed by atoms with Gasteiger partial charge in [0, 0.05) is 31.1 Å². The van der Waals surface area contributed by atoms with Gasteiger partial charge in [-0.2, -0.15) is 0 Å². The lowest BCUT2D eigenvalue weighted by Gasteiger charge is -2.34. The summed E-state index contributed by atoms with van der Waals surface area (Å²) in [5, 5.41) is 6.49. The zero-order chi connectivity index (χ0) is 18.4. The van der Waals surface area contributed by atoms with Crippen LogP contribution in [-0.2, 0) is 4.79 Å². The van der Waals surface area contributed by atoms with Gasteiger partial charge in [-0.25, -0.2) is 0 Å². The molecule has 2 saturated heterocycles. The largest absolute Gasteiger partial charge is 0.349 e. The maximum atomic E-state index is 12.6. The number of amides is 2. The molecule has 2 fully saturated rings. The van der Waals surface area contributed by atoms with Gasteiger partial charge < -0.3 is 15.5 Å². The molecule has 2 N–H and O–H groups in total. The molecule has 2 aliphatic heterocycles. The zero-order valence-corrected chi connectivity index (χ0v) is 17.0. The molecule has 0 spiro atoms. The minimum Gasteiger partial charge on any atom is -0.349 e. The fourth-order valence-corrected chi connectivity index (χ4v) is 4.12. The Hall–Kier alpha value is -1.59. The molecule has 0 aliphatic carbocycles. The van der Waals surface area contributed by atoms with Crippen molar-refractivity contribution >= 4 is 24.2 Å². The molecule has 0 radical (unpaired) electrons. The van der Waals surface area contributed by atoms with Crippen molar-refractivity contribution < 1.29 is 9.59 Å². The average molecular weight is 394 g/mol. The summed E-state index contributed by atoms with van der Waals surface area (Å²) < 4.78 is 0. The summed E-state index contributed by atoms with van der Waals surface area (Å²) in [7, 11) is 0. The summed E-state index contributed by atoms with van der Waals surface area (Å²) >= 11 is 0. The first kappa shape index (κ1) is 21.7. The minimum absolute atomic E-state index is 0. The predicted octanol–water partition coefficient (Wildman–Crippen LogP) is 2.86. The highest BCUT2D eigenvalue weighted by atomic mass is 35.5. The van der Waals surface area contributed by atoms with Gasteiger partial charge in [-0.15, -0.1) is 12.4 Å². The Kier molecular flexibility index (Phi) is 8.58. The molecular weight excluding hydrogens is 362 g/mol. The second kappa shape index (κ2) is 10.7. The molecule has 0 saturated carbocycles. The normalized spacial score (nSPS) is 19.8. The molecule has 0 aromatic heterocycles. The summed E-state index contributed by atoms with van der Waals surface area (Å²) in [6.45, 7) is 5.88. The van der Waals surface area contributed by atoms with Crippen molar-refractivity contribution in [3.05, 3.63) is 35.9 Å². The Balaban J connectivity index is 0.00000261. The lowest BCUT2D eigenvalue weighted by atomic mass is 9.84. The van der Waals surface area contributed by atoms with E-state index in [1.807, 2.05) is 35.2 Å². The first-order chi connectivity index (χ1) is 12.6. The van der Waals surface area contributed by atoms with Crippen molar-refractivity contribution in [3.63, 3.8) is 0 Å². The van der Waals surface area contributed by atoms with Crippen molar-refractivity contribution in [2.75, 3.05) is 26.2 Å². The van der Waals surface area contributed by atoms with Crippen LogP contribution < -0.4 is 10.6 Å². The number of carbonyl (C=O) groups excluding carboxylic acids is 2. The molecular formula is C21H32ClN3O2. The molecule has 1 aromatic rings. The Labute approximate surface area is 168 Å². The molecule has 6 heteroatoms. The summed E-state index contributed by atoms with van der Waals surface area (Å²) in [6, 6.07) is 9.48. The van der Waals surface area contributed by atoms with Crippen LogP contribution in [0.4, 0.5) is 0 Å². The third-order valence-corrected chi connectivity index (χ3v) is 5.90. The van der Waals surface area contributed by atoms with E-state index >= 15 is 0 Å². The standard InChI is InChI=1S/C21H31N3O2.ClH/c1-16(17-7-11-22-12-8-17)15-20(25)24-13-9-19(10-14-24)23-21(26)18-5-3-2-4-6-18;/h2-6,16-17,19,22H,7-15H2,1H3,(H,23,26);1H. The molecule has 2 heterocycles. The third-order valence-electron chi connectivity index (χ3n) is 5.90. The van der Waals surface area contributed by atoms with Gasteiger partial charge in [0.1, 0.15) is 0 Å². The van der Waals surface area contributed by atoms with Gasteiger partial charge in [0.05, 0.1) is 0 Å². The molecule has 1 aromatic carbocycles. The van der Waals surface area contributed by atoms with Gasteiger partial charge in [0.2, 0.25) is 5.91 Å². The van der Waals surface area contributed by atoms with E-state index in [4.69, 9.17) is 0 Å². The number of piperidine rings is 2. The molecule has 27 heavy (non-hydrogen) atoms. The lowest BCUT2D eigenvalue weighted by molar-refractivity contribution is -0.133. The Morgan fingerprint density at radius 3 is 2.37 bits per heavy atom. The molecule has 0 bridgehead atoms. The van der Waals surface area contributed by atoms with E-state index in [9.17, 15) is 9.59 Å². The quantitative estimate of drug-likeness (QED) is 0.808.